The molecule has 0 aliphatic carbocycles. The smallest absolute Gasteiger partial charge is 0.294 e. The molecule has 1 fully saturated rings. The molecule has 0 unspecified atom stereocenters. The number of anilines is 1. The van der Waals surface area contributed by atoms with Crippen LogP contribution in [0.15, 0.2) is 53.1 Å². The number of amides is 1. The monoisotopic (exact) mass is 464 g/mol. The van der Waals surface area contributed by atoms with Gasteiger partial charge in [-0.2, -0.15) is 0 Å². The van der Waals surface area contributed by atoms with Crippen LogP contribution in [0.3, 0.4) is 0 Å². The lowest BCUT2D eigenvalue weighted by atomic mass is 10.0. The van der Waals surface area contributed by atoms with Gasteiger partial charge in [-0.25, -0.2) is 22.0 Å². The Hall–Kier alpha value is -3.20. The minimum Gasteiger partial charge on any atom is -0.459 e. The first-order valence-electron chi connectivity index (χ1n) is 10.5. The van der Waals surface area contributed by atoms with E-state index in [4.69, 9.17) is 4.42 Å². The molecule has 4 rings (SSSR count). The van der Waals surface area contributed by atoms with Crippen molar-refractivity contribution >= 4 is 11.6 Å². The third-order valence-electron chi connectivity index (χ3n) is 5.86. The summed E-state index contributed by atoms with van der Waals surface area (Å²) in [5.74, 6) is -11.8. The maximum absolute atomic E-state index is 14.6. The van der Waals surface area contributed by atoms with Gasteiger partial charge in [0, 0.05) is 25.7 Å². The van der Waals surface area contributed by atoms with Crippen LogP contribution < -0.4 is 4.90 Å². The normalized spacial score (nSPS) is 15.1. The molecule has 1 aromatic heterocycles. The largest absolute Gasteiger partial charge is 0.459 e. The highest BCUT2D eigenvalue weighted by atomic mass is 19.2. The highest BCUT2D eigenvalue weighted by Crippen LogP contribution is 2.34. The number of piperidine rings is 1. The first-order chi connectivity index (χ1) is 15.9. The Morgan fingerprint density at radius 1 is 0.879 bits per heavy atom. The van der Waals surface area contributed by atoms with E-state index < -0.39 is 46.7 Å². The number of furan rings is 1. The van der Waals surface area contributed by atoms with E-state index in [0.29, 0.717) is 30.8 Å². The summed E-state index contributed by atoms with van der Waals surface area (Å²) in [5.41, 5.74) is -0.0915. The van der Waals surface area contributed by atoms with Gasteiger partial charge in [-0.3, -0.25) is 9.69 Å². The summed E-state index contributed by atoms with van der Waals surface area (Å²) in [7, 11) is 0. The van der Waals surface area contributed by atoms with E-state index in [2.05, 4.69) is 4.90 Å². The molecule has 0 N–H and O–H groups in total. The van der Waals surface area contributed by atoms with Gasteiger partial charge in [-0.15, -0.1) is 0 Å². The van der Waals surface area contributed by atoms with E-state index in [1.54, 1.807) is 0 Å². The van der Waals surface area contributed by atoms with Crippen molar-refractivity contribution in [3.63, 3.8) is 0 Å². The molecular formula is C24H21F5N2O2. The number of benzene rings is 2. The second-order valence-corrected chi connectivity index (χ2v) is 7.88. The SMILES string of the molecule is O=C(c1ccco1)N(c1c(F)c(F)c(F)c(F)c1F)C1CCN(CCc2ccccc2)CC1. The van der Waals surface area contributed by atoms with Gasteiger partial charge in [0.05, 0.1) is 6.26 Å². The molecule has 2 heterocycles. The van der Waals surface area contributed by atoms with E-state index in [1.807, 2.05) is 30.3 Å². The molecular weight excluding hydrogens is 443 g/mol. The Kier molecular flexibility index (Phi) is 6.78. The van der Waals surface area contributed by atoms with Crippen molar-refractivity contribution in [1.29, 1.82) is 0 Å². The first kappa shape index (κ1) is 23.0. The van der Waals surface area contributed by atoms with Crippen LogP contribution in [0.5, 0.6) is 0 Å². The predicted octanol–water partition coefficient (Wildman–Crippen LogP) is 5.33. The summed E-state index contributed by atoms with van der Waals surface area (Å²) >= 11 is 0. The predicted molar refractivity (Wildman–Crippen MR) is 111 cm³/mol. The number of hydrogen-bond donors (Lipinski definition) is 0. The number of carbonyl (C=O) groups excluding carboxylic acids is 1. The Bertz CT molecular complexity index is 1080. The molecule has 0 spiro atoms. The zero-order chi connectivity index (χ0) is 23.5. The number of halogens is 5. The average Bonchev–Trinajstić information content (AvgIpc) is 3.39. The molecule has 174 valence electrons. The van der Waals surface area contributed by atoms with Crippen LogP contribution >= 0.6 is 0 Å². The third-order valence-corrected chi connectivity index (χ3v) is 5.86. The van der Waals surface area contributed by atoms with Gasteiger partial charge < -0.3 is 9.32 Å². The van der Waals surface area contributed by atoms with Crippen molar-refractivity contribution in [2.75, 3.05) is 24.5 Å². The van der Waals surface area contributed by atoms with Crippen LogP contribution in [0.1, 0.15) is 29.0 Å². The minimum atomic E-state index is -2.27. The van der Waals surface area contributed by atoms with E-state index in [1.165, 1.54) is 18.4 Å². The average molecular weight is 464 g/mol. The summed E-state index contributed by atoms with van der Waals surface area (Å²) in [6.45, 7) is 1.73. The number of likely N-dealkylation sites (tertiary alicyclic amines) is 1. The molecule has 3 aromatic rings. The zero-order valence-electron chi connectivity index (χ0n) is 17.5. The standard InChI is InChI=1S/C24H21F5N2O2/c25-18-19(26)21(28)23(22(29)20(18)27)31(24(32)17-7-4-14-33-17)16-9-12-30(13-10-16)11-8-15-5-2-1-3-6-15/h1-7,14,16H,8-13H2. The fourth-order valence-corrected chi connectivity index (χ4v) is 4.11. The van der Waals surface area contributed by atoms with Gasteiger partial charge in [0.1, 0.15) is 5.69 Å². The molecule has 9 heteroatoms. The van der Waals surface area contributed by atoms with Crippen LogP contribution in [-0.2, 0) is 6.42 Å². The summed E-state index contributed by atoms with van der Waals surface area (Å²) in [4.78, 5) is 15.8. The molecule has 1 amide bonds. The third kappa shape index (κ3) is 4.64. The van der Waals surface area contributed by atoms with Crippen molar-refractivity contribution < 1.29 is 31.2 Å². The van der Waals surface area contributed by atoms with Crippen molar-refractivity contribution in [3.05, 3.63) is 89.1 Å². The maximum Gasteiger partial charge on any atom is 0.294 e. The highest BCUT2D eigenvalue weighted by molar-refractivity contribution is 6.04. The fourth-order valence-electron chi connectivity index (χ4n) is 4.11. The molecule has 0 bridgehead atoms. The van der Waals surface area contributed by atoms with Crippen LogP contribution in [0.25, 0.3) is 0 Å². The molecule has 33 heavy (non-hydrogen) atoms. The number of nitrogens with zero attached hydrogens (tertiary/aromatic N) is 2. The molecule has 0 radical (unpaired) electrons. The molecule has 1 saturated heterocycles. The molecule has 4 nitrogen and oxygen atoms in total. The maximum atomic E-state index is 14.6. The van der Waals surface area contributed by atoms with Gasteiger partial charge in [0.2, 0.25) is 5.82 Å². The molecule has 0 saturated carbocycles. The lowest BCUT2D eigenvalue weighted by molar-refractivity contribution is 0.0930. The van der Waals surface area contributed by atoms with Gasteiger partial charge >= 0.3 is 0 Å². The van der Waals surface area contributed by atoms with Crippen LogP contribution in [0.4, 0.5) is 27.6 Å². The van der Waals surface area contributed by atoms with Gasteiger partial charge in [-0.1, -0.05) is 30.3 Å². The van der Waals surface area contributed by atoms with Crippen LogP contribution in [0, 0.1) is 29.1 Å². The lowest BCUT2D eigenvalue weighted by Crippen LogP contribution is -2.48. The Morgan fingerprint density at radius 3 is 2.06 bits per heavy atom. The van der Waals surface area contributed by atoms with Gasteiger partial charge in [0.25, 0.3) is 5.91 Å². The zero-order valence-corrected chi connectivity index (χ0v) is 17.5. The summed E-state index contributed by atoms with van der Waals surface area (Å²) in [5, 5.41) is 0. The summed E-state index contributed by atoms with van der Waals surface area (Å²) < 4.78 is 75.8. The quantitative estimate of drug-likeness (QED) is 0.281. The fraction of sp³-hybridized carbons (Fsp3) is 0.292. The summed E-state index contributed by atoms with van der Waals surface area (Å²) in [6, 6.07) is 11.8. The first-order valence-corrected chi connectivity index (χ1v) is 10.5. The van der Waals surface area contributed by atoms with Crippen molar-refractivity contribution in [2.45, 2.75) is 25.3 Å². The van der Waals surface area contributed by atoms with E-state index in [9.17, 15) is 26.7 Å². The van der Waals surface area contributed by atoms with Crippen molar-refractivity contribution in [1.82, 2.24) is 4.90 Å². The van der Waals surface area contributed by atoms with E-state index >= 15 is 0 Å². The second kappa shape index (κ2) is 9.74. The van der Waals surface area contributed by atoms with Crippen molar-refractivity contribution in [3.8, 4) is 0 Å². The number of rotatable bonds is 6. The molecule has 1 aliphatic rings. The van der Waals surface area contributed by atoms with E-state index in [0.717, 1.165) is 18.5 Å². The summed E-state index contributed by atoms with van der Waals surface area (Å²) in [6.07, 6.45) is 2.58. The van der Waals surface area contributed by atoms with Crippen molar-refractivity contribution in [2.24, 2.45) is 0 Å². The minimum absolute atomic E-state index is 0.259. The van der Waals surface area contributed by atoms with Crippen LogP contribution in [-0.4, -0.2) is 36.5 Å². The Morgan fingerprint density at radius 2 is 1.48 bits per heavy atom. The second-order valence-electron chi connectivity index (χ2n) is 7.88. The lowest BCUT2D eigenvalue weighted by Gasteiger charge is -2.38. The van der Waals surface area contributed by atoms with Gasteiger partial charge in [0.15, 0.2) is 29.0 Å². The molecule has 1 aliphatic heterocycles. The Labute approximate surface area is 187 Å². The molecule has 0 atom stereocenters. The van der Waals surface area contributed by atoms with E-state index in [-0.39, 0.29) is 5.76 Å². The van der Waals surface area contributed by atoms with Crippen LogP contribution in [0.2, 0.25) is 0 Å². The van der Waals surface area contributed by atoms with Gasteiger partial charge in [-0.05, 0) is 37.0 Å². The Balaban J connectivity index is 1.58. The molecule has 2 aromatic carbocycles. The number of hydrogen-bond acceptors (Lipinski definition) is 3. The highest BCUT2D eigenvalue weighted by Gasteiger charge is 2.38. The number of carbonyl (C=O) groups is 1. The topological polar surface area (TPSA) is 36.7 Å².